The molecule has 0 radical (unpaired) electrons. The summed E-state index contributed by atoms with van der Waals surface area (Å²) in [6.45, 7) is 2.87. The highest BCUT2D eigenvalue weighted by Crippen LogP contribution is 2.21. The van der Waals surface area contributed by atoms with Crippen LogP contribution in [0.5, 0.6) is 0 Å². The van der Waals surface area contributed by atoms with Crippen LogP contribution in [0.1, 0.15) is 17.0 Å². The molecule has 0 atom stereocenters. The molecule has 0 fully saturated rings. The van der Waals surface area contributed by atoms with Gasteiger partial charge in [0.05, 0.1) is 17.6 Å². The molecule has 1 aromatic carbocycles. The molecule has 0 amide bonds. The number of fused-ring (bicyclic) bond motifs is 1. The molecular formula is C16H16ClN3. The third kappa shape index (κ3) is 2.41. The van der Waals surface area contributed by atoms with E-state index in [0.717, 1.165) is 29.8 Å². The number of benzene rings is 1. The van der Waals surface area contributed by atoms with Crippen molar-refractivity contribution < 1.29 is 0 Å². The van der Waals surface area contributed by atoms with E-state index in [1.54, 1.807) is 6.20 Å². The summed E-state index contributed by atoms with van der Waals surface area (Å²) in [6, 6.07) is 10.3. The van der Waals surface area contributed by atoms with E-state index in [2.05, 4.69) is 40.7 Å². The van der Waals surface area contributed by atoms with Gasteiger partial charge in [-0.25, -0.2) is 4.98 Å². The molecule has 2 aromatic heterocycles. The lowest BCUT2D eigenvalue weighted by atomic mass is 10.2. The van der Waals surface area contributed by atoms with E-state index in [0.29, 0.717) is 5.88 Å². The maximum atomic E-state index is 5.91. The smallest absolute Gasteiger partial charge is 0.111 e. The van der Waals surface area contributed by atoms with Gasteiger partial charge in [-0.15, -0.1) is 11.6 Å². The second-order valence-electron chi connectivity index (χ2n) is 4.86. The number of pyridine rings is 1. The predicted molar refractivity (Wildman–Crippen MR) is 82.2 cm³/mol. The molecule has 0 N–H and O–H groups in total. The highest BCUT2D eigenvalue weighted by atomic mass is 35.5. The summed E-state index contributed by atoms with van der Waals surface area (Å²) < 4.78 is 2.24. The van der Waals surface area contributed by atoms with Crippen LogP contribution in [0.4, 0.5) is 0 Å². The number of hydrogen-bond donors (Lipinski definition) is 0. The first-order valence-electron chi connectivity index (χ1n) is 6.69. The van der Waals surface area contributed by atoms with E-state index < -0.39 is 0 Å². The molecule has 0 saturated carbocycles. The van der Waals surface area contributed by atoms with Crippen molar-refractivity contribution in [2.45, 2.75) is 19.9 Å². The van der Waals surface area contributed by atoms with E-state index in [-0.39, 0.29) is 0 Å². The monoisotopic (exact) mass is 285 g/mol. The minimum absolute atomic E-state index is 0.579. The number of hydrogen-bond acceptors (Lipinski definition) is 2. The molecule has 20 heavy (non-hydrogen) atoms. The van der Waals surface area contributed by atoms with Crippen LogP contribution in [0, 0.1) is 6.92 Å². The molecule has 2 heterocycles. The summed E-state index contributed by atoms with van der Waals surface area (Å²) in [4.78, 5) is 8.93. The van der Waals surface area contributed by atoms with Gasteiger partial charge in [-0.1, -0.05) is 18.2 Å². The molecule has 0 spiro atoms. The Morgan fingerprint density at radius 1 is 1.20 bits per heavy atom. The van der Waals surface area contributed by atoms with Crippen LogP contribution in [0.2, 0.25) is 0 Å². The molecule has 3 rings (SSSR count). The van der Waals surface area contributed by atoms with Crippen molar-refractivity contribution in [3.05, 3.63) is 59.7 Å². The Labute approximate surface area is 123 Å². The van der Waals surface area contributed by atoms with Crippen molar-refractivity contribution in [1.82, 2.24) is 14.5 Å². The molecule has 0 aliphatic rings. The lowest BCUT2D eigenvalue weighted by molar-refractivity contribution is 0.752. The second-order valence-corrected chi connectivity index (χ2v) is 5.24. The molecule has 0 unspecified atom stereocenters. The summed E-state index contributed by atoms with van der Waals surface area (Å²) in [5.41, 5.74) is 4.60. The maximum absolute atomic E-state index is 5.91. The summed E-state index contributed by atoms with van der Waals surface area (Å²) in [5.74, 6) is 1.61. The van der Waals surface area contributed by atoms with Gasteiger partial charge in [0, 0.05) is 24.7 Å². The van der Waals surface area contributed by atoms with Crippen LogP contribution in [0.3, 0.4) is 0 Å². The highest BCUT2D eigenvalue weighted by Gasteiger charge is 2.12. The number of para-hydroxylation sites is 1. The number of halogens is 1. The van der Waals surface area contributed by atoms with Gasteiger partial charge in [0.1, 0.15) is 5.82 Å². The Bertz CT molecular complexity index is 719. The standard InChI is InChI=1S/C16H16ClN3/c1-12-4-2-6-14-16(12)19-15(7-8-17)20(14)11-13-5-3-9-18-10-13/h2-6,9-10H,7-8,11H2,1H3. The molecule has 0 aliphatic carbocycles. The summed E-state index contributed by atoms with van der Waals surface area (Å²) in [7, 11) is 0. The fourth-order valence-corrected chi connectivity index (χ4v) is 2.63. The van der Waals surface area contributed by atoms with Crippen LogP contribution < -0.4 is 0 Å². The molecule has 0 aliphatic heterocycles. The summed E-state index contributed by atoms with van der Waals surface area (Å²) in [6.07, 6.45) is 4.46. The van der Waals surface area contributed by atoms with Gasteiger partial charge in [-0.2, -0.15) is 0 Å². The van der Waals surface area contributed by atoms with E-state index in [1.165, 1.54) is 11.1 Å². The minimum atomic E-state index is 0.579. The van der Waals surface area contributed by atoms with Crippen molar-refractivity contribution in [2.24, 2.45) is 0 Å². The molecule has 102 valence electrons. The predicted octanol–water partition coefficient (Wildman–Crippen LogP) is 3.57. The second kappa shape index (κ2) is 5.63. The Morgan fingerprint density at radius 3 is 2.85 bits per heavy atom. The average Bonchev–Trinajstić information content (AvgIpc) is 2.81. The lowest BCUT2D eigenvalue weighted by Gasteiger charge is -2.08. The van der Waals surface area contributed by atoms with Crippen LogP contribution in [0.25, 0.3) is 11.0 Å². The van der Waals surface area contributed by atoms with Crippen molar-refractivity contribution in [3.63, 3.8) is 0 Å². The SMILES string of the molecule is Cc1cccc2c1nc(CCCl)n2Cc1cccnc1. The van der Waals surface area contributed by atoms with Crippen LogP contribution in [0.15, 0.2) is 42.7 Å². The zero-order chi connectivity index (χ0) is 13.9. The van der Waals surface area contributed by atoms with Gasteiger partial charge in [0.2, 0.25) is 0 Å². The number of aryl methyl sites for hydroxylation is 2. The van der Waals surface area contributed by atoms with Gasteiger partial charge in [0.25, 0.3) is 0 Å². The highest BCUT2D eigenvalue weighted by molar-refractivity contribution is 6.17. The lowest BCUT2D eigenvalue weighted by Crippen LogP contribution is -2.06. The molecule has 4 heteroatoms. The Balaban J connectivity index is 2.12. The van der Waals surface area contributed by atoms with Crippen LogP contribution in [-0.4, -0.2) is 20.4 Å². The molecular weight excluding hydrogens is 270 g/mol. The normalized spacial score (nSPS) is 11.1. The fraction of sp³-hybridized carbons (Fsp3) is 0.250. The molecule has 0 saturated heterocycles. The number of rotatable bonds is 4. The first kappa shape index (κ1) is 13.1. The Kier molecular flexibility index (Phi) is 3.70. The number of aromatic nitrogens is 3. The first-order valence-corrected chi connectivity index (χ1v) is 7.22. The summed E-state index contributed by atoms with van der Waals surface area (Å²) in [5, 5.41) is 0. The number of imidazole rings is 1. The van der Waals surface area contributed by atoms with Gasteiger partial charge >= 0.3 is 0 Å². The molecule has 0 bridgehead atoms. The topological polar surface area (TPSA) is 30.7 Å². The Hall–Kier alpha value is -1.87. The van der Waals surface area contributed by atoms with Crippen LogP contribution >= 0.6 is 11.6 Å². The third-order valence-electron chi connectivity index (χ3n) is 3.44. The van der Waals surface area contributed by atoms with Crippen molar-refractivity contribution in [2.75, 3.05) is 5.88 Å². The average molecular weight is 286 g/mol. The van der Waals surface area contributed by atoms with Gasteiger partial charge in [-0.3, -0.25) is 4.98 Å². The number of nitrogens with zero attached hydrogens (tertiary/aromatic N) is 3. The summed E-state index contributed by atoms with van der Waals surface area (Å²) >= 11 is 5.91. The zero-order valence-corrected chi connectivity index (χ0v) is 12.1. The maximum Gasteiger partial charge on any atom is 0.111 e. The van der Waals surface area contributed by atoms with E-state index in [9.17, 15) is 0 Å². The quantitative estimate of drug-likeness (QED) is 0.686. The van der Waals surface area contributed by atoms with Crippen LogP contribution in [-0.2, 0) is 13.0 Å². The van der Waals surface area contributed by atoms with Crippen molar-refractivity contribution in [1.29, 1.82) is 0 Å². The fourth-order valence-electron chi connectivity index (χ4n) is 2.46. The van der Waals surface area contributed by atoms with Crippen molar-refractivity contribution >= 4 is 22.6 Å². The Morgan fingerprint density at radius 2 is 2.10 bits per heavy atom. The van der Waals surface area contributed by atoms with E-state index in [4.69, 9.17) is 16.6 Å². The molecule has 3 nitrogen and oxygen atoms in total. The zero-order valence-electron chi connectivity index (χ0n) is 11.4. The minimum Gasteiger partial charge on any atom is -0.323 e. The van der Waals surface area contributed by atoms with Gasteiger partial charge in [0.15, 0.2) is 0 Å². The molecule has 3 aromatic rings. The van der Waals surface area contributed by atoms with E-state index >= 15 is 0 Å². The van der Waals surface area contributed by atoms with Gasteiger partial charge in [-0.05, 0) is 30.2 Å². The van der Waals surface area contributed by atoms with Crippen molar-refractivity contribution in [3.8, 4) is 0 Å². The number of alkyl halides is 1. The third-order valence-corrected chi connectivity index (χ3v) is 3.63. The van der Waals surface area contributed by atoms with E-state index in [1.807, 2.05) is 12.3 Å². The first-order chi connectivity index (χ1) is 9.79. The largest absolute Gasteiger partial charge is 0.323 e. The van der Waals surface area contributed by atoms with Gasteiger partial charge < -0.3 is 4.57 Å².